The van der Waals surface area contributed by atoms with Gasteiger partial charge in [-0.05, 0) is 38.8 Å². The largest absolute Gasteiger partial charge is 0.391 e. The molecule has 1 aromatic rings. The summed E-state index contributed by atoms with van der Waals surface area (Å²) in [6, 6.07) is 0. The Kier molecular flexibility index (Phi) is 3.66. The van der Waals surface area contributed by atoms with Crippen LogP contribution < -0.4 is 0 Å². The van der Waals surface area contributed by atoms with Gasteiger partial charge >= 0.3 is 0 Å². The highest BCUT2D eigenvalue weighted by Gasteiger charge is 2.20. The Morgan fingerprint density at radius 1 is 1.28 bits per heavy atom. The third kappa shape index (κ3) is 2.59. The van der Waals surface area contributed by atoms with Gasteiger partial charge in [-0.15, -0.1) is 0 Å². The Morgan fingerprint density at radius 3 is 2.94 bits per heavy atom. The lowest BCUT2D eigenvalue weighted by Crippen LogP contribution is -2.32. The monoisotopic (exact) mass is 249 g/mol. The lowest BCUT2D eigenvalue weighted by Gasteiger charge is -2.27. The van der Waals surface area contributed by atoms with E-state index in [9.17, 15) is 5.11 Å². The summed E-state index contributed by atoms with van der Waals surface area (Å²) < 4.78 is 2.23. The summed E-state index contributed by atoms with van der Waals surface area (Å²) in [4.78, 5) is 7.09. The first kappa shape index (κ1) is 12.2. The molecule has 2 aliphatic rings. The van der Waals surface area contributed by atoms with Crippen molar-refractivity contribution in [3.05, 3.63) is 17.7 Å². The molecule has 4 heteroatoms. The molecule has 0 aromatic carbocycles. The van der Waals surface area contributed by atoms with E-state index in [2.05, 4.69) is 14.5 Å². The Labute approximate surface area is 109 Å². The van der Waals surface area contributed by atoms with E-state index >= 15 is 0 Å². The van der Waals surface area contributed by atoms with Crippen LogP contribution >= 0.6 is 0 Å². The number of piperidine rings is 1. The van der Waals surface area contributed by atoms with Crippen LogP contribution in [0.25, 0.3) is 0 Å². The van der Waals surface area contributed by atoms with Gasteiger partial charge in [0.2, 0.25) is 0 Å². The van der Waals surface area contributed by atoms with Gasteiger partial charge in [0.05, 0.1) is 12.6 Å². The zero-order valence-electron chi connectivity index (χ0n) is 11.0. The minimum atomic E-state index is -0.180. The molecule has 0 saturated carbocycles. The van der Waals surface area contributed by atoms with Gasteiger partial charge in [0.1, 0.15) is 5.82 Å². The molecule has 0 bridgehead atoms. The first-order valence-electron chi connectivity index (χ1n) is 7.26. The van der Waals surface area contributed by atoms with E-state index in [1.165, 1.54) is 38.0 Å². The Hall–Kier alpha value is -0.870. The van der Waals surface area contributed by atoms with Crippen LogP contribution in [0.2, 0.25) is 0 Å². The molecule has 0 spiro atoms. The SMILES string of the molecule is OC1CCc2cnc(CCN3CCCCC3)n2C1. The fraction of sp³-hybridized carbons (Fsp3) is 0.786. The van der Waals surface area contributed by atoms with Crippen LogP contribution in [0.5, 0.6) is 0 Å². The molecule has 1 aromatic heterocycles. The van der Waals surface area contributed by atoms with Crippen LogP contribution in [0.1, 0.15) is 37.2 Å². The number of aryl methyl sites for hydroxylation is 1. The van der Waals surface area contributed by atoms with Crippen molar-refractivity contribution in [1.82, 2.24) is 14.5 Å². The van der Waals surface area contributed by atoms with E-state index in [-0.39, 0.29) is 6.10 Å². The molecule has 0 radical (unpaired) electrons. The van der Waals surface area contributed by atoms with Gasteiger partial charge in [0.25, 0.3) is 0 Å². The van der Waals surface area contributed by atoms with Crippen molar-refractivity contribution in [2.75, 3.05) is 19.6 Å². The summed E-state index contributed by atoms with van der Waals surface area (Å²) in [5.41, 5.74) is 1.30. The van der Waals surface area contributed by atoms with Crippen molar-refractivity contribution in [1.29, 1.82) is 0 Å². The minimum absolute atomic E-state index is 0.180. The number of likely N-dealkylation sites (tertiary alicyclic amines) is 1. The van der Waals surface area contributed by atoms with Crippen LogP contribution in [-0.2, 0) is 19.4 Å². The molecule has 18 heavy (non-hydrogen) atoms. The van der Waals surface area contributed by atoms with Crippen molar-refractivity contribution in [3.8, 4) is 0 Å². The number of fused-ring (bicyclic) bond motifs is 1. The van der Waals surface area contributed by atoms with Crippen LogP contribution in [0.15, 0.2) is 6.20 Å². The van der Waals surface area contributed by atoms with E-state index < -0.39 is 0 Å². The molecule has 0 aliphatic carbocycles. The van der Waals surface area contributed by atoms with Gasteiger partial charge in [-0.2, -0.15) is 0 Å². The van der Waals surface area contributed by atoms with Crippen LogP contribution in [0.4, 0.5) is 0 Å². The maximum Gasteiger partial charge on any atom is 0.110 e. The van der Waals surface area contributed by atoms with Crippen molar-refractivity contribution in [3.63, 3.8) is 0 Å². The molecule has 1 atom stereocenters. The van der Waals surface area contributed by atoms with Crippen LogP contribution in [0, 0.1) is 0 Å². The summed E-state index contributed by atoms with van der Waals surface area (Å²) >= 11 is 0. The summed E-state index contributed by atoms with van der Waals surface area (Å²) in [6.45, 7) is 4.35. The van der Waals surface area contributed by atoms with E-state index in [1.807, 2.05) is 6.20 Å². The fourth-order valence-corrected chi connectivity index (χ4v) is 3.13. The highest BCUT2D eigenvalue weighted by atomic mass is 16.3. The third-order valence-corrected chi connectivity index (χ3v) is 4.25. The molecule has 1 unspecified atom stereocenters. The van der Waals surface area contributed by atoms with Gasteiger partial charge in [0.15, 0.2) is 0 Å². The number of nitrogens with zero attached hydrogens (tertiary/aromatic N) is 3. The highest BCUT2D eigenvalue weighted by molar-refractivity contribution is 5.09. The molecule has 3 heterocycles. The van der Waals surface area contributed by atoms with E-state index in [0.29, 0.717) is 0 Å². The molecule has 1 N–H and O–H groups in total. The van der Waals surface area contributed by atoms with Crippen LogP contribution in [-0.4, -0.2) is 45.3 Å². The zero-order valence-corrected chi connectivity index (χ0v) is 11.0. The number of imidazole rings is 1. The highest BCUT2D eigenvalue weighted by Crippen LogP contribution is 2.18. The Morgan fingerprint density at radius 2 is 2.11 bits per heavy atom. The van der Waals surface area contributed by atoms with E-state index in [1.54, 1.807) is 0 Å². The molecule has 1 fully saturated rings. The van der Waals surface area contributed by atoms with Gasteiger partial charge in [-0.25, -0.2) is 4.98 Å². The summed E-state index contributed by atoms with van der Waals surface area (Å²) in [6.07, 6.45) is 8.78. The van der Waals surface area contributed by atoms with Crippen molar-refractivity contribution in [2.24, 2.45) is 0 Å². The molecule has 4 nitrogen and oxygen atoms in total. The van der Waals surface area contributed by atoms with Crippen molar-refractivity contribution < 1.29 is 5.11 Å². The standard InChI is InChI=1S/C14H23N3O/c18-13-5-4-12-10-15-14(17(12)11-13)6-9-16-7-2-1-3-8-16/h10,13,18H,1-9,11H2. The van der Waals surface area contributed by atoms with Crippen molar-refractivity contribution in [2.45, 2.75) is 51.2 Å². The molecular weight excluding hydrogens is 226 g/mol. The second-order valence-electron chi connectivity index (χ2n) is 5.62. The predicted molar refractivity (Wildman–Crippen MR) is 70.5 cm³/mol. The topological polar surface area (TPSA) is 41.3 Å². The van der Waals surface area contributed by atoms with Gasteiger partial charge in [-0.1, -0.05) is 6.42 Å². The quantitative estimate of drug-likeness (QED) is 0.875. The van der Waals surface area contributed by atoms with Gasteiger partial charge in [-0.3, -0.25) is 0 Å². The minimum Gasteiger partial charge on any atom is -0.391 e. The normalized spacial score (nSPS) is 25.1. The molecule has 0 amide bonds. The molecule has 2 aliphatic heterocycles. The number of aliphatic hydroxyl groups excluding tert-OH is 1. The number of aliphatic hydroxyl groups is 1. The number of rotatable bonds is 3. The smallest absolute Gasteiger partial charge is 0.110 e. The first-order chi connectivity index (χ1) is 8.83. The summed E-state index contributed by atoms with van der Waals surface area (Å²) in [7, 11) is 0. The Balaban J connectivity index is 1.61. The van der Waals surface area contributed by atoms with Crippen LogP contribution in [0.3, 0.4) is 0 Å². The second-order valence-corrected chi connectivity index (χ2v) is 5.62. The maximum atomic E-state index is 9.76. The average Bonchev–Trinajstić information content (AvgIpc) is 2.80. The average molecular weight is 249 g/mol. The van der Waals surface area contributed by atoms with E-state index in [0.717, 1.165) is 38.2 Å². The number of hydrogen-bond acceptors (Lipinski definition) is 3. The van der Waals surface area contributed by atoms with E-state index in [4.69, 9.17) is 0 Å². The third-order valence-electron chi connectivity index (χ3n) is 4.25. The predicted octanol–water partition coefficient (Wildman–Crippen LogP) is 1.22. The lowest BCUT2D eigenvalue weighted by atomic mass is 10.1. The fourth-order valence-electron chi connectivity index (χ4n) is 3.13. The molecule has 3 rings (SSSR count). The summed E-state index contributed by atoms with van der Waals surface area (Å²) in [5.74, 6) is 1.16. The molecular formula is C14H23N3O. The number of hydrogen-bond donors (Lipinski definition) is 1. The second kappa shape index (κ2) is 5.41. The number of aromatic nitrogens is 2. The summed E-state index contributed by atoms with van der Waals surface area (Å²) in [5, 5.41) is 9.76. The molecule has 100 valence electrons. The lowest BCUT2D eigenvalue weighted by molar-refractivity contribution is 0.129. The van der Waals surface area contributed by atoms with Gasteiger partial charge in [0, 0.05) is 24.9 Å². The molecule has 1 saturated heterocycles. The van der Waals surface area contributed by atoms with Crippen molar-refractivity contribution >= 4 is 0 Å². The first-order valence-corrected chi connectivity index (χ1v) is 7.26. The Bertz CT molecular complexity index is 396. The zero-order chi connectivity index (χ0) is 12.4. The van der Waals surface area contributed by atoms with Gasteiger partial charge < -0.3 is 14.6 Å². The maximum absolute atomic E-state index is 9.76.